The molecule has 2 N–H and O–H groups in total. The molecule has 6 nitrogen and oxygen atoms in total. The lowest BCUT2D eigenvalue weighted by atomic mass is 10.1. The summed E-state index contributed by atoms with van der Waals surface area (Å²) >= 11 is 1.07. The Labute approximate surface area is 102 Å². The van der Waals surface area contributed by atoms with Crippen molar-refractivity contribution < 1.29 is 24.5 Å². The molecule has 0 amide bonds. The number of aldehydes is 1. The summed E-state index contributed by atoms with van der Waals surface area (Å²) in [4.78, 5) is 14.8. The zero-order chi connectivity index (χ0) is 12.0. The van der Waals surface area contributed by atoms with Gasteiger partial charge in [-0.15, -0.1) is 0 Å². The summed E-state index contributed by atoms with van der Waals surface area (Å²) in [6, 6.07) is 0. The van der Waals surface area contributed by atoms with Crippen LogP contribution in [0.5, 0.6) is 5.19 Å². The third kappa shape index (κ3) is 2.09. The molecule has 2 fully saturated rings. The van der Waals surface area contributed by atoms with Gasteiger partial charge in [0.25, 0.3) is 5.19 Å². The second-order valence-corrected chi connectivity index (χ2v) is 6.46. The van der Waals surface area contributed by atoms with Crippen LogP contribution in [0.15, 0.2) is 6.20 Å². The highest BCUT2D eigenvalue weighted by Gasteiger charge is 2.55. The molecule has 2 aliphatic heterocycles. The van der Waals surface area contributed by atoms with Gasteiger partial charge in [-0.3, -0.25) is 4.79 Å². The van der Waals surface area contributed by atoms with E-state index in [2.05, 4.69) is 4.98 Å². The van der Waals surface area contributed by atoms with Crippen molar-refractivity contribution in [2.75, 3.05) is 0 Å². The molecule has 8 heteroatoms. The van der Waals surface area contributed by atoms with E-state index in [-0.39, 0.29) is 16.7 Å². The molecular formula is C9H10NO5PS. The third-order valence-electron chi connectivity index (χ3n) is 2.69. The first-order valence-electron chi connectivity index (χ1n) is 5.04. The minimum Gasteiger partial charge on any atom is -0.437 e. The van der Waals surface area contributed by atoms with E-state index >= 15 is 0 Å². The lowest BCUT2D eigenvalue weighted by Crippen LogP contribution is -2.49. The number of rotatable bonds is 3. The van der Waals surface area contributed by atoms with Crippen LogP contribution in [0, 0.1) is 0 Å². The molecule has 3 rings (SSSR count). The predicted molar refractivity (Wildman–Crippen MR) is 60.9 cm³/mol. The van der Waals surface area contributed by atoms with Crippen LogP contribution >= 0.6 is 19.9 Å². The molecule has 0 spiro atoms. The molecule has 6 unspecified atom stereocenters. The number of carbonyl (C=O) groups is 1. The first-order chi connectivity index (χ1) is 8.19. The van der Waals surface area contributed by atoms with Crippen LogP contribution in [-0.4, -0.2) is 51.5 Å². The van der Waals surface area contributed by atoms with Crippen molar-refractivity contribution in [3.8, 4) is 5.19 Å². The molecular weight excluding hydrogens is 265 g/mol. The van der Waals surface area contributed by atoms with Crippen LogP contribution in [0.25, 0.3) is 0 Å². The topological polar surface area (TPSA) is 88.9 Å². The fourth-order valence-electron chi connectivity index (χ4n) is 1.71. The number of thiazole rings is 1. The highest BCUT2D eigenvalue weighted by molar-refractivity contribution is 7.48. The number of aromatic nitrogens is 1. The maximum atomic E-state index is 10.5. The van der Waals surface area contributed by atoms with Gasteiger partial charge in [-0.2, -0.15) is 0 Å². The summed E-state index contributed by atoms with van der Waals surface area (Å²) in [5.74, 6) is -0.0103. The van der Waals surface area contributed by atoms with Gasteiger partial charge in [0.05, 0.1) is 23.0 Å². The second-order valence-electron chi connectivity index (χ2n) is 3.86. The molecule has 2 aliphatic rings. The Balaban J connectivity index is 1.69. The van der Waals surface area contributed by atoms with E-state index in [9.17, 15) is 15.0 Å². The smallest absolute Gasteiger partial charge is 0.276 e. The van der Waals surface area contributed by atoms with E-state index in [1.807, 2.05) is 0 Å². The maximum absolute atomic E-state index is 10.5. The van der Waals surface area contributed by atoms with E-state index < -0.39 is 18.5 Å². The molecule has 17 heavy (non-hydrogen) atoms. The average molecular weight is 275 g/mol. The highest BCUT2D eigenvalue weighted by atomic mass is 32.1. The normalized spacial score (nSPS) is 40.9. The molecule has 0 radical (unpaired) electrons. The van der Waals surface area contributed by atoms with Crippen LogP contribution < -0.4 is 4.74 Å². The Morgan fingerprint density at radius 2 is 2.35 bits per heavy atom. The third-order valence-corrected chi connectivity index (χ3v) is 4.97. The summed E-state index contributed by atoms with van der Waals surface area (Å²) in [6.45, 7) is 0. The Hall–Kier alpha value is -0.590. The molecule has 92 valence electrons. The molecule has 1 aromatic heterocycles. The van der Waals surface area contributed by atoms with Crippen LogP contribution in [0.1, 0.15) is 9.67 Å². The average Bonchev–Trinajstić information content (AvgIpc) is 2.95. The quantitative estimate of drug-likeness (QED) is 0.586. The summed E-state index contributed by atoms with van der Waals surface area (Å²) in [6.07, 6.45) is -0.722. The molecule has 0 aliphatic carbocycles. The van der Waals surface area contributed by atoms with Crippen molar-refractivity contribution in [3.05, 3.63) is 11.1 Å². The number of hydrogen-bond acceptors (Lipinski definition) is 7. The van der Waals surface area contributed by atoms with Crippen molar-refractivity contribution in [1.29, 1.82) is 0 Å². The van der Waals surface area contributed by atoms with Crippen molar-refractivity contribution in [1.82, 2.24) is 4.98 Å². The number of ether oxygens (including phenoxy) is 2. The van der Waals surface area contributed by atoms with E-state index in [4.69, 9.17) is 9.47 Å². The minimum atomic E-state index is -1.07. The lowest BCUT2D eigenvalue weighted by molar-refractivity contribution is -0.202. The van der Waals surface area contributed by atoms with E-state index in [1.54, 1.807) is 0 Å². The summed E-state index contributed by atoms with van der Waals surface area (Å²) in [5, 5.41) is 19.7. The fraction of sp³-hybridized carbons (Fsp3) is 0.556. The molecule has 0 aromatic carbocycles. The van der Waals surface area contributed by atoms with Gasteiger partial charge in [0.15, 0.2) is 6.29 Å². The fourth-order valence-corrected chi connectivity index (χ4v) is 3.46. The highest BCUT2D eigenvalue weighted by Crippen LogP contribution is 2.55. The molecule has 3 heterocycles. The van der Waals surface area contributed by atoms with Crippen LogP contribution in [0.4, 0.5) is 0 Å². The van der Waals surface area contributed by atoms with Crippen LogP contribution in [0.2, 0.25) is 0 Å². The van der Waals surface area contributed by atoms with Gasteiger partial charge in [0, 0.05) is 5.66 Å². The van der Waals surface area contributed by atoms with Gasteiger partial charge in [-0.25, -0.2) is 4.98 Å². The number of nitrogens with zero attached hydrogens (tertiary/aromatic N) is 1. The lowest BCUT2D eigenvalue weighted by Gasteiger charge is -2.30. The zero-order valence-electron chi connectivity index (χ0n) is 8.52. The molecule has 1 aromatic rings. The van der Waals surface area contributed by atoms with Gasteiger partial charge in [0.1, 0.15) is 6.10 Å². The SMILES string of the molecule is O=Cc1cnc(OC2OC3PC3C(O)C2O)s1. The zero-order valence-corrected chi connectivity index (χ0v) is 10.3. The number of fused-ring (bicyclic) bond motifs is 1. The number of aliphatic hydroxyl groups excluding tert-OH is 2. The monoisotopic (exact) mass is 275 g/mol. The van der Waals surface area contributed by atoms with E-state index in [1.165, 1.54) is 6.20 Å². The summed E-state index contributed by atoms with van der Waals surface area (Å²) < 4.78 is 10.8. The number of carbonyl (C=O) groups excluding carboxylic acids is 1. The van der Waals surface area contributed by atoms with E-state index in [0.29, 0.717) is 19.7 Å². The second kappa shape index (κ2) is 4.26. The van der Waals surface area contributed by atoms with Gasteiger partial charge in [0.2, 0.25) is 6.29 Å². The van der Waals surface area contributed by atoms with E-state index in [0.717, 1.165) is 11.3 Å². The Morgan fingerprint density at radius 1 is 1.53 bits per heavy atom. The molecule has 0 bridgehead atoms. The Morgan fingerprint density at radius 3 is 3.06 bits per heavy atom. The minimum absolute atomic E-state index is 0.0103. The first-order valence-corrected chi connectivity index (χ1v) is 7.01. The Bertz CT molecular complexity index is 441. The Kier molecular flexibility index (Phi) is 2.88. The van der Waals surface area contributed by atoms with Crippen molar-refractivity contribution in [2.45, 2.75) is 30.0 Å². The van der Waals surface area contributed by atoms with Gasteiger partial charge in [-0.05, 0) is 0 Å². The largest absolute Gasteiger partial charge is 0.437 e. The predicted octanol–water partition coefficient (Wildman–Crippen LogP) is -0.201. The summed E-state index contributed by atoms with van der Waals surface area (Å²) in [5.41, 5.74) is 0.0479. The van der Waals surface area contributed by atoms with Gasteiger partial charge < -0.3 is 19.7 Å². The summed E-state index contributed by atoms with van der Waals surface area (Å²) in [7, 11) is 0.511. The number of hydrogen-bond donors (Lipinski definition) is 2. The standard InChI is InChI=1S/C9H10NO5PS/c11-2-3-1-10-9(17-3)15-7-5(13)4(12)6-8(14-7)16-6/h1-2,4-8,12-13,16H. The molecule has 6 atom stereocenters. The van der Waals surface area contributed by atoms with Gasteiger partial charge >= 0.3 is 0 Å². The van der Waals surface area contributed by atoms with Crippen molar-refractivity contribution in [3.63, 3.8) is 0 Å². The van der Waals surface area contributed by atoms with Crippen LogP contribution in [0.3, 0.4) is 0 Å². The molecule has 2 saturated heterocycles. The molecule has 0 saturated carbocycles. The van der Waals surface area contributed by atoms with Crippen molar-refractivity contribution >= 4 is 26.2 Å². The van der Waals surface area contributed by atoms with Crippen molar-refractivity contribution in [2.24, 2.45) is 0 Å². The maximum Gasteiger partial charge on any atom is 0.276 e. The first kappa shape index (κ1) is 11.5. The van der Waals surface area contributed by atoms with Crippen LogP contribution in [-0.2, 0) is 4.74 Å². The van der Waals surface area contributed by atoms with Gasteiger partial charge in [-0.1, -0.05) is 19.9 Å². The number of aliphatic hydroxyl groups is 2.